The van der Waals surface area contributed by atoms with Crippen molar-refractivity contribution >= 4 is 5.69 Å². The largest absolute Gasteiger partial charge is 0.372 e. The first kappa shape index (κ1) is 13.2. The number of imidazole rings is 1. The first-order valence-corrected chi connectivity index (χ1v) is 7.45. The number of piperidine rings is 1. The first-order chi connectivity index (χ1) is 9.86. The van der Waals surface area contributed by atoms with E-state index in [1.54, 1.807) is 0 Å². The summed E-state index contributed by atoms with van der Waals surface area (Å²) in [6.07, 6.45) is 8.74. The molecule has 0 aliphatic carbocycles. The van der Waals surface area contributed by atoms with Gasteiger partial charge in [-0.2, -0.15) is 0 Å². The smallest absolute Gasteiger partial charge is 0.0995 e. The predicted molar refractivity (Wildman–Crippen MR) is 82.4 cm³/mol. The third kappa shape index (κ3) is 2.85. The molecule has 1 fully saturated rings. The van der Waals surface area contributed by atoms with Crippen LogP contribution in [0.3, 0.4) is 0 Å². The minimum Gasteiger partial charge on any atom is -0.372 e. The number of hydrogen-bond donors (Lipinski definition) is 1. The van der Waals surface area contributed by atoms with Crippen molar-refractivity contribution < 1.29 is 0 Å². The van der Waals surface area contributed by atoms with Gasteiger partial charge >= 0.3 is 0 Å². The van der Waals surface area contributed by atoms with E-state index in [1.165, 1.54) is 38.0 Å². The topological polar surface area (TPSA) is 47.1 Å². The van der Waals surface area contributed by atoms with Gasteiger partial charge in [-0.3, -0.25) is 0 Å². The molecule has 1 aliphatic rings. The van der Waals surface area contributed by atoms with Gasteiger partial charge in [0, 0.05) is 37.1 Å². The molecule has 0 atom stereocenters. The third-order valence-electron chi connectivity index (χ3n) is 3.91. The molecule has 0 spiro atoms. The molecule has 2 aromatic rings. The van der Waals surface area contributed by atoms with E-state index in [2.05, 4.69) is 44.9 Å². The summed E-state index contributed by atoms with van der Waals surface area (Å²) in [7, 11) is 0. The van der Waals surface area contributed by atoms with Gasteiger partial charge in [0.05, 0.1) is 12.0 Å². The second-order valence-corrected chi connectivity index (χ2v) is 5.38. The molecule has 1 aromatic heterocycles. The van der Waals surface area contributed by atoms with Crippen LogP contribution in [0, 0.1) is 0 Å². The zero-order chi connectivity index (χ0) is 13.8. The summed E-state index contributed by atoms with van der Waals surface area (Å²) < 4.78 is 2.06. The number of nitrogens with two attached hydrogens (primary N) is 1. The van der Waals surface area contributed by atoms with Crippen molar-refractivity contribution in [1.82, 2.24) is 9.55 Å². The van der Waals surface area contributed by atoms with Crippen LogP contribution >= 0.6 is 0 Å². The highest BCUT2D eigenvalue weighted by Gasteiger charge is 2.10. The van der Waals surface area contributed by atoms with E-state index in [9.17, 15) is 0 Å². The molecule has 1 aliphatic heterocycles. The number of rotatable bonds is 4. The minimum atomic E-state index is 0.644. The summed E-state index contributed by atoms with van der Waals surface area (Å²) in [5.41, 5.74) is 9.09. The van der Waals surface area contributed by atoms with Gasteiger partial charge in [0.1, 0.15) is 0 Å². The third-order valence-corrected chi connectivity index (χ3v) is 3.91. The summed E-state index contributed by atoms with van der Waals surface area (Å²) >= 11 is 0. The lowest BCUT2D eigenvalue weighted by Gasteiger charge is -2.28. The van der Waals surface area contributed by atoms with Crippen molar-refractivity contribution in [3.05, 3.63) is 42.5 Å². The van der Waals surface area contributed by atoms with Gasteiger partial charge in [0.25, 0.3) is 0 Å². The molecule has 106 valence electrons. The Hall–Kier alpha value is -1.81. The highest BCUT2D eigenvalue weighted by molar-refractivity contribution is 5.51. The molecule has 0 bridgehead atoms. The molecule has 0 radical (unpaired) electrons. The first-order valence-electron chi connectivity index (χ1n) is 7.45. The lowest BCUT2D eigenvalue weighted by molar-refractivity contribution is 0.578. The van der Waals surface area contributed by atoms with E-state index in [0.717, 1.165) is 17.8 Å². The van der Waals surface area contributed by atoms with Crippen molar-refractivity contribution in [3.8, 4) is 5.69 Å². The molecular weight excluding hydrogens is 248 g/mol. The molecule has 1 saturated heterocycles. The number of nitrogens with zero attached hydrogens (tertiary/aromatic N) is 3. The molecule has 0 saturated carbocycles. The number of hydrogen-bond acceptors (Lipinski definition) is 3. The summed E-state index contributed by atoms with van der Waals surface area (Å²) in [6.45, 7) is 3.01. The quantitative estimate of drug-likeness (QED) is 0.927. The number of aromatic nitrogens is 2. The Bertz CT molecular complexity index is 538. The Morgan fingerprint density at radius 3 is 2.40 bits per heavy atom. The van der Waals surface area contributed by atoms with E-state index in [4.69, 9.17) is 5.73 Å². The van der Waals surface area contributed by atoms with Gasteiger partial charge in [-0.25, -0.2) is 4.98 Å². The lowest BCUT2D eigenvalue weighted by Crippen LogP contribution is -2.29. The molecule has 0 amide bonds. The Balaban J connectivity index is 1.74. The number of benzene rings is 1. The normalized spacial score (nSPS) is 15.6. The highest BCUT2D eigenvalue weighted by atomic mass is 15.1. The predicted octanol–water partition coefficient (Wildman–Crippen LogP) is 2.36. The van der Waals surface area contributed by atoms with Crippen LogP contribution in [0.25, 0.3) is 5.69 Å². The van der Waals surface area contributed by atoms with Gasteiger partial charge < -0.3 is 15.2 Å². The zero-order valence-electron chi connectivity index (χ0n) is 11.8. The van der Waals surface area contributed by atoms with Crippen LogP contribution in [0.1, 0.15) is 25.0 Å². The maximum absolute atomic E-state index is 5.56. The lowest BCUT2D eigenvalue weighted by atomic mass is 10.1. The van der Waals surface area contributed by atoms with E-state index >= 15 is 0 Å². The van der Waals surface area contributed by atoms with Crippen LogP contribution in [0.4, 0.5) is 5.69 Å². The van der Waals surface area contributed by atoms with Crippen LogP contribution in [0.15, 0.2) is 36.8 Å². The van der Waals surface area contributed by atoms with Gasteiger partial charge in [-0.15, -0.1) is 0 Å². The molecular formula is C16H22N4. The van der Waals surface area contributed by atoms with Crippen molar-refractivity contribution in [3.63, 3.8) is 0 Å². The molecule has 1 aromatic carbocycles. The Morgan fingerprint density at radius 2 is 1.70 bits per heavy atom. The summed E-state index contributed by atoms with van der Waals surface area (Å²) in [5.74, 6) is 0. The Morgan fingerprint density at radius 1 is 1.00 bits per heavy atom. The molecule has 2 N–H and O–H groups in total. The average Bonchev–Trinajstić information content (AvgIpc) is 2.97. The van der Waals surface area contributed by atoms with Crippen LogP contribution < -0.4 is 10.6 Å². The van der Waals surface area contributed by atoms with E-state index < -0.39 is 0 Å². The summed E-state index contributed by atoms with van der Waals surface area (Å²) in [5, 5.41) is 0. The fourth-order valence-corrected chi connectivity index (χ4v) is 2.77. The molecule has 20 heavy (non-hydrogen) atoms. The van der Waals surface area contributed by atoms with Crippen molar-refractivity contribution in [2.24, 2.45) is 5.73 Å². The van der Waals surface area contributed by atoms with Gasteiger partial charge in [0.2, 0.25) is 0 Å². The van der Waals surface area contributed by atoms with Crippen molar-refractivity contribution in [2.45, 2.75) is 25.7 Å². The Labute approximate surface area is 120 Å². The van der Waals surface area contributed by atoms with Crippen LogP contribution in [-0.4, -0.2) is 29.2 Å². The van der Waals surface area contributed by atoms with Gasteiger partial charge in [-0.1, -0.05) is 0 Å². The maximum Gasteiger partial charge on any atom is 0.0995 e. The van der Waals surface area contributed by atoms with Crippen LogP contribution in [0.5, 0.6) is 0 Å². The van der Waals surface area contributed by atoms with E-state index in [-0.39, 0.29) is 0 Å². The zero-order valence-corrected chi connectivity index (χ0v) is 11.8. The fraction of sp³-hybridized carbons (Fsp3) is 0.438. The second-order valence-electron chi connectivity index (χ2n) is 5.38. The monoisotopic (exact) mass is 270 g/mol. The summed E-state index contributed by atoms with van der Waals surface area (Å²) in [4.78, 5) is 6.84. The average molecular weight is 270 g/mol. The maximum atomic E-state index is 5.56. The van der Waals surface area contributed by atoms with Gasteiger partial charge in [0.15, 0.2) is 0 Å². The standard InChI is InChI=1S/C16H22N4/c17-9-8-14-12-20(13-18-14)16-6-4-15(5-7-16)19-10-2-1-3-11-19/h4-7,12-13H,1-3,8-11,17H2. The SMILES string of the molecule is NCCc1cn(-c2ccc(N3CCCCC3)cc2)cn1. The Kier molecular flexibility index (Phi) is 4.02. The minimum absolute atomic E-state index is 0.644. The van der Waals surface area contributed by atoms with Crippen LogP contribution in [-0.2, 0) is 6.42 Å². The molecule has 3 rings (SSSR count). The molecule has 0 unspecified atom stereocenters. The van der Waals surface area contributed by atoms with Crippen LogP contribution in [0.2, 0.25) is 0 Å². The van der Waals surface area contributed by atoms with Crippen molar-refractivity contribution in [1.29, 1.82) is 0 Å². The molecule has 4 nitrogen and oxygen atoms in total. The van der Waals surface area contributed by atoms with Gasteiger partial charge in [-0.05, 0) is 50.1 Å². The van der Waals surface area contributed by atoms with Crippen molar-refractivity contribution in [2.75, 3.05) is 24.5 Å². The highest BCUT2D eigenvalue weighted by Crippen LogP contribution is 2.21. The molecule has 4 heteroatoms. The van der Waals surface area contributed by atoms with E-state index in [0.29, 0.717) is 6.54 Å². The summed E-state index contributed by atoms with van der Waals surface area (Å²) in [6, 6.07) is 8.75. The molecule has 2 heterocycles. The fourth-order valence-electron chi connectivity index (χ4n) is 2.77. The number of anilines is 1. The van der Waals surface area contributed by atoms with E-state index in [1.807, 2.05) is 6.33 Å². The second kappa shape index (κ2) is 6.09.